The topological polar surface area (TPSA) is 55.8 Å². The van der Waals surface area contributed by atoms with Crippen molar-refractivity contribution in [1.82, 2.24) is 0 Å². The van der Waals surface area contributed by atoms with Gasteiger partial charge in [-0.3, -0.25) is 0 Å². The summed E-state index contributed by atoms with van der Waals surface area (Å²) in [4.78, 5) is 11.4. The molecule has 2 aromatic rings. The number of carboxylic acid groups (broad SMARTS) is 1. The summed E-state index contributed by atoms with van der Waals surface area (Å²) in [5, 5.41) is 9.35. The van der Waals surface area contributed by atoms with Crippen molar-refractivity contribution in [1.29, 1.82) is 0 Å². The van der Waals surface area contributed by atoms with Crippen molar-refractivity contribution in [3.05, 3.63) is 59.7 Å². The Morgan fingerprint density at radius 1 is 1.14 bits per heavy atom. The van der Waals surface area contributed by atoms with Crippen molar-refractivity contribution in [3.8, 4) is 11.5 Å². The zero-order valence-electron chi connectivity index (χ0n) is 12.8. The molecule has 1 N–H and O–H groups in total. The molecule has 4 nitrogen and oxygen atoms in total. The molecule has 1 unspecified atom stereocenters. The number of carbonyl (C=O) groups is 1. The highest BCUT2D eigenvalue weighted by molar-refractivity contribution is 5.73. The fraction of sp³-hybridized carbons (Fsp3) is 0.278. The van der Waals surface area contributed by atoms with Crippen LogP contribution in [0.1, 0.15) is 18.1 Å². The van der Waals surface area contributed by atoms with Gasteiger partial charge in [-0.15, -0.1) is 0 Å². The quantitative estimate of drug-likeness (QED) is 0.850. The summed E-state index contributed by atoms with van der Waals surface area (Å²) in [6.07, 6.45) is -0.616. The average Bonchev–Trinajstić information content (AvgIpc) is 2.49. The zero-order valence-corrected chi connectivity index (χ0v) is 12.8. The highest BCUT2D eigenvalue weighted by atomic mass is 16.5. The maximum absolute atomic E-state index is 11.4. The van der Waals surface area contributed by atoms with E-state index in [1.54, 1.807) is 6.07 Å². The van der Waals surface area contributed by atoms with Crippen LogP contribution in [0.4, 0.5) is 0 Å². The van der Waals surface area contributed by atoms with E-state index in [4.69, 9.17) is 9.47 Å². The summed E-state index contributed by atoms with van der Waals surface area (Å²) in [7, 11) is 0. The van der Waals surface area contributed by atoms with Crippen LogP contribution >= 0.6 is 0 Å². The summed E-state index contributed by atoms with van der Waals surface area (Å²) in [6.45, 7) is 4.46. The van der Waals surface area contributed by atoms with Gasteiger partial charge in [0.2, 0.25) is 0 Å². The Kier molecular flexibility index (Phi) is 5.42. The molecule has 1 atom stereocenters. The number of aryl methyl sites for hydroxylation is 1. The van der Waals surface area contributed by atoms with Crippen LogP contribution in [0.3, 0.4) is 0 Å². The van der Waals surface area contributed by atoms with Gasteiger partial charge in [-0.2, -0.15) is 0 Å². The molecule has 0 aromatic heterocycles. The lowest BCUT2D eigenvalue weighted by molar-refractivity contribution is -0.145. The first-order valence-corrected chi connectivity index (χ1v) is 7.26. The number of rotatable bonds is 7. The maximum Gasteiger partial charge on any atom is 0.345 e. The summed E-state index contributed by atoms with van der Waals surface area (Å²) < 4.78 is 11.0. The third kappa shape index (κ3) is 4.52. The van der Waals surface area contributed by atoms with Crippen LogP contribution in [-0.2, 0) is 11.2 Å². The first-order valence-electron chi connectivity index (χ1n) is 7.26. The van der Waals surface area contributed by atoms with Gasteiger partial charge in [0, 0.05) is 6.42 Å². The third-order valence-electron chi connectivity index (χ3n) is 3.20. The molecule has 22 heavy (non-hydrogen) atoms. The molecule has 116 valence electrons. The van der Waals surface area contributed by atoms with E-state index in [1.165, 1.54) is 0 Å². The largest absolute Gasteiger partial charge is 0.494 e. The lowest BCUT2D eigenvalue weighted by Crippen LogP contribution is -2.29. The molecule has 0 spiro atoms. The van der Waals surface area contributed by atoms with Crippen LogP contribution in [0, 0.1) is 6.92 Å². The standard InChI is InChI=1S/C18H20O4/c1-3-21-15-9-7-14(8-10-15)12-17(18(19)20)22-16-6-4-5-13(2)11-16/h4-11,17H,3,12H2,1-2H3,(H,19,20). The smallest absolute Gasteiger partial charge is 0.345 e. The van der Waals surface area contributed by atoms with Crippen LogP contribution in [0.25, 0.3) is 0 Å². The molecule has 0 saturated heterocycles. The van der Waals surface area contributed by atoms with Crippen LogP contribution in [0.2, 0.25) is 0 Å². The van der Waals surface area contributed by atoms with E-state index >= 15 is 0 Å². The van der Waals surface area contributed by atoms with E-state index < -0.39 is 12.1 Å². The Morgan fingerprint density at radius 2 is 1.86 bits per heavy atom. The molecule has 4 heteroatoms. The van der Waals surface area contributed by atoms with Crippen LogP contribution in [-0.4, -0.2) is 23.8 Å². The van der Waals surface area contributed by atoms with Gasteiger partial charge in [0.15, 0.2) is 6.10 Å². The van der Waals surface area contributed by atoms with Crippen LogP contribution < -0.4 is 9.47 Å². The van der Waals surface area contributed by atoms with E-state index in [0.29, 0.717) is 18.8 Å². The molecule has 0 bridgehead atoms. The fourth-order valence-electron chi connectivity index (χ4n) is 2.13. The highest BCUT2D eigenvalue weighted by Gasteiger charge is 2.20. The molecule has 0 aliphatic carbocycles. The van der Waals surface area contributed by atoms with E-state index in [1.807, 2.05) is 56.3 Å². The molecule has 0 heterocycles. The second-order valence-corrected chi connectivity index (χ2v) is 5.04. The molecular weight excluding hydrogens is 280 g/mol. The Bertz CT molecular complexity index is 619. The molecular formula is C18H20O4. The summed E-state index contributed by atoms with van der Waals surface area (Å²) >= 11 is 0. The second-order valence-electron chi connectivity index (χ2n) is 5.04. The zero-order chi connectivity index (χ0) is 15.9. The van der Waals surface area contributed by atoms with Gasteiger partial charge in [-0.25, -0.2) is 4.79 Å². The molecule has 0 fully saturated rings. The third-order valence-corrected chi connectivity index (χ3v) is 3.20. The van der Waals surface area contributed by atoms with Crippen molar-refractivity contribution in [3.63, 3.8) is 0 Å². The fourth-order valence-corrected chi connectivity index (χ4v) is 2.13. The van der Waals surface area contributed by atoms with Crippen LogP contribution in [0.5, 0.6) is 11.5 Å². The summed E-state index contributed by atoms with van der Waals surface area (Å²) in [5.41, 5.74) is 1.92. The minimum Gasteiger partial charge on any atom is -0.494 e. The molecule has 0 aliphatic rings. The van der Waals surface area contributed by atoms with Gasteiger partial charge in [0.05, 0.1) is 6.61 Å². The Hall–Kier alpha value is -2.49. The molecule has 0 aliphatic heterocycles. The van der Waals surface area contributed by atoms with Crippen molar-refractivity contribution < 1.29 is 19.4 Å². The maximum atomic E-state index is 11.4. The van der Waals surface area contributed by atoms with Gasteiger partial charge >= 0.3 is 5.97 Å². The van der Waals surface area contributed by atoms with E-state index in [9.17, 15) is 9.90 Å². The monoisotopic (exact) mass is 300 g/mol. The van der Waals surface area contributed by atoms with Crippen molar-refractivity contribution in [2.45, 2.75) is 26.4 Å². The van der Waals surface area contributed by atoms with Gasteiger partial charge < -0.3 is 14.6 Å². The average molecular weight is 300 g/mol. The molecule has 0 amide bonds. The molecule has 2 rings (SSSR count). The predicted molar refractivity (Wildman–Crippen MR) is 84.5 cm³/mol. The van der Waals surface area contributed by atoms with Gasteiger partial charge in [0.1, 0.15) is 11.5 Å². The van der Waals surface area contributed by atoms with Crippen LogP contribution in [0.15, 0.2) is 48.5 Å². The first-order chi connectivity index (χ1) is 10.6. The van der Waals surface area contributed by atoms with E-state index in [2.05, 4.69) is 0 Å². The van der Waals surface area contributed by atoms with Crippen molar-refractivity contribution in [2.24, 2.45) is 0 Å². The number of hydrogen-bond donors (Lipinski definition) is 1. The van der Waals surface area contributed by atoms with Gasteiger partial charge in [0.25, 0.3) is 0 Å². The van der Waals surface area contributed by atoms with E-state index in [-0.39, 0.29) is 0 Å². The molecule has 0 saturated carbocycles. The van der Waals surface area contributed by atoms with E-state index in [0.717, 1.165) is 16.9 Å². The van der Waals surface area contributed by atoms with Gasteiger partial charge in [-0.1, -0.05) is 24.3 Å². The Labute approximate surface area is 130 Å². The number of benzene rings is 2. The number of aliphatic carboxylic acids is 1. The normalized spacial score (nSPS) is 11.7. The number of hydrogen-bond acceptors (Lipinski definition) is 3. The van der Waals surface area contributed by atoms with Crippen molar-refractivity contribution >= 4 is 5.97 Å². The minimum atomic E-state index is -0.976. The Morgan fingerprint density at radius 3 is 2.45 bits per heavy atom. The summed E-state index contributed by atoms with van der Waals surface area (Å²) in [5.74, 6) is 0.367. The summed E-state index contributed by atoms with van der Waals surface area (Å²) in [6, 6.07) is 14.8. The second kappa shape index (κ2) is 7.50. The first kappa shape index (κ1) is 15.9. The lowest BCUT2D eigenvalue weighted by Gasteiger charge is -2.16. The van der Waals surface area contributed by atoms with Gasteiger partial charge in [-0.05, 0) is 49.2 Å². The molecule has 2 aromatic carbocycles. The SMILES string of the molecule is CCOc1ccc(CC(Oc2cccc(C)c2)C(=O)O)cc1. The highest BCUT2D eigenvalue weighted by Crippen LogP contribution is 2.18. The predicted octanol–water partition coefficient (Wildman–Crippen LogP) is 3.47. The molecule has 0 radical (unpaired) electrons. The minimum absolute atomic E-state index is 0.301. The van der Waals surface area contributed by atoms with Crippen molar-refractivity contribution in [2.75, 3.05) is 6.61 Å². The Balaban J connectivity index is 2.07. The number of ether oxygens (including phenoxy) is 2. The lowest BCUT2D eigenvalue weighted by atomic mass is 10.1. The number of carboxylic acids is 1.